The van der Waals surface area contributed by atoms with Crippen molar-refractivity contribution in [2.75, 3.05) is 19.0 Å². The number of anilines is 1. The first-order chi connectivity index (χ1) is 9.92. The van der Waals surface area contributed by atoms with E-state index in [1.54, 1.807) is 17.7 Å². The van der Waals surface area contributed by atoms with Gasteiger partial charge in [0, 0.05) is 44.1 Å². The molecule has 114 valence electrons. The monoisotopic (exact) mass is 290 g/mol. The van der Waals surface area contributed by atoms with Crippen LogP contribution in [-0.2, 0) is 13.6 Å². The minimum absolute atomic E-state index is 0.0893. The molecule has 0 spiro atoms. The van der Waals surface area contributed by atoms with Crippen molar-refractivity contribution in [2.45, 2.75) is 26.4 Å². The lowest BCUT2D eigenvalue weighted by molar-refractivity contribution is 0.600. The molecule has 0 saturated heterocycles. The molecule has 1 aromatic heterocycles. The zero-order chi connectivity index (χ0) is 15.6. The number of benzene rings is 1. The summed E-state index contributed by atoms with van der Waals surface area (Å²) in [5, 5.41) is 7.37. The highest BCUT2D eigenvalue weighted by Crippen LogP contribution is 2.29. The van der Waals surface area contributed by atoms with Gasteiger partial charge < -0.3 is 10.2 Å². The Bertz CT molecular complexity index is 621. The lowest BCUT2D eigenvalue weighted by atomic mass is 10.0. The van der Waals surface area contributed by atoms with Crippen LogP contribution in [0.25, 0.3) is 0 Å². The van der Waals surface area contributed by atoms with Crippen LogP contribution in [0, 0.1) is 12.7 Å². The standard InChI is InChI=1S/C16H23FN4/c1-11-6-16(14(7-15(11)17)12(2)18-3)20(4)9-13-8-19-21(5)10-13/h6-8,10,12,18H,9H2,1-5H3. The molecule has 1 heterocycles. The Morgan fingerprint density at radius 1 is 1.43 bits per heavy atom. The summed E-state index contributed by atoms with van der Waals surface area (Å²) in [7, 11) is 5.80. The van der Waals surface area contributed by atoms with Gasteiger partial charge in [-0.25, -0.2) is 4.39 Å². The molecule has 1 atom stereocenters. The van der Waals surface area contributed by atoms with Crippen LogP contribution in [0.5, 0.6) is 0 Å². The summed E-state index contributed by atoms with van der Waals surface area (Å²) in [5.41, 5.74) is 3.80. The van der Waals surface area contributed by atoms with Crippen LogP contribution in [-0.4, -0.2) is 23.9 Å². The molecule has 0 bridgehead atoms. The second kappa shape index (κ2) is 6.26. The Labute approximate surface area is 125 Å². The smallest absolute Gasteiger partial charge is 0.126 e. The Kier molecular flexibility index (Phi) is 4.63. The molecular weight excluding hydrogens is 267 g/mol. The van der Waals surface area contributed by atoms with E-state index < -0.39 is 0 Å². The number of rotatable bonds is 5. The maximum Gasteiger partial charge on any atom is 0.126 e. The lowest BCUT2D eigenvalue weighted by Crippen LogP contribution is -2.22. The van der Waals surface area contributed by atoms with Gasteiger partial charge in [0.2, 0.25) is 0 Å². The minimum atomic E-state index is -0.161. The van der Waals surface area contributed by atoms with Gasteiger partial charge in [-0.05, 0) is 44.2 Å². The first kappa shape index (κ1) is 15.5. The van der Waals surface area contributed by atoms with Crippen LogP contribution in [0.2, 0.25) is 0 Å². The van der Waals surface area contributed by atoms with Crippen molar-refractivity contribution in [3.05, 3.63) is 47.0 Å². The molecule has 4 nitrogen and oxygen atoms in total. The third-order valence-electron chi connectivity index (χ3n) is 3.80. The normalized spacial score (nSPS) is 12.5. The van der Waals surface area contributed by atoms with E-state index >= 15 is 0 Å². The second-order valence-corrected chi connectivity index (χ2v) is 5.55. The molecule has 0 fully saturated rings. The summed E-state index contributed by atoms with van der Waals surface area (Å²) in [6, 6.07) is 3.63. The van der Waals surface area contributed by atoms with Gasteiger partial charge in [-0.2, -0.15) is 5.10 Å². The molecule has 21 heavy (non-hydrogen) atoms. The van der Waals surface area contributed by atoms with E-state index in [0.717, 1.165) is 23.4 Å². The van der Waals surface area contributed by atoms with E-state index in [1.165, 1.54) is 0 Å². The molecule has 0 aliphatic carbocycles. The van der Waals surface area contributed by atoms with Crippen molar-refractivity contribution in [3.63, 3.8) is 0 Å². The molecule has 1 unspecified atom stereocenters. The SMILES string of the molecule is CNC(C)c1cc(F)c(C)cc1N(C)Cc1cnn(C)c1. The second-order valence-electron chi connectivity index (χ2n) is 5.55. The van der Waals surface area contributed by atoms with Gasteiger partial charge in [0.15, 0.2) is 0 Å². The van der Waals surface area contributed by atoms with Gasteiger partial charge in [-0.1, -0.05) is 0 Å². The van der Waals surface area contributed by atoms with E-state index in [2.05, 4.69) is 15.3 Å². The molecule has 2 aromatic rings. The van der Waals surface area contributed by atoms with Crippen molar-refractivity contribution in [1.29, 1.82) is 0 Å². The van der Waals surface area contributed by atoms with Crippen LogP contribution < -0.4 is 10.2 Å². The van der Waals surface area contributed by atoms with Crippen LogP contribution in [0.3, 0.4) is 0 Å². The predicted molar refractivity (Wildman–Crippen MR) is 83.9 cm³/mol. The maximum atomic E-state index is 13.9. The fourth-order valence-corrected chi connectivity index (χ4v) is 2.43. The molecule has 0 radical (unpaired) electrons. The summed E-state index contributed by atoms with van der Waals surface area (Å²) in [6.07, 6.45) is 3.85. The van der Waals surface area contributed by atoms with Gasteiger partial charge in [0.1, 0.15) is 5.82 Å². The van der Waals surface area contributed by atoms with Gasteiger partial charge in [-0.3, -0.25) is 4.68 Å². The molecule has 1 N–H and O–H groups in total. The maximum absolute atomic E-state index is 13.9. The topological polar surface area (TPSA) is 33.1 Å². The molecule has 0 aliphatic heterocycles. The van der Waals surface area contributed by atoms with Crippen molar-refractivity contribution in [2.24, 2.45) is 7.05 Å². The first-order valence-corrected chi connectivity index (χ1v) is 7.08. The fourth-order valence-electron chi connectivity index (χ4n) is 2.43. The van der Waals surface area contributed by atoms with Crippen LogP contribution >= 0.6 is 0 Å². The zero-order valence-corrected chi connectivity index (χ0v) is 13.3. The van der Waals surface area contributed by atoms with Crippen molar-refractivity contribution >= 4 is 5.69 Å². The highest BCUT2D eigenvalue weighted by atomic mass is 19.1. The summed E-state index contributed by atoms with van der Waals surface area (Å²) in [5.74, 6) is -0.161. The molecule has 0 saturated carbocycles. The molecule has 0 aliphatic rings. The van der Waals surface area contributed by atoms with Crippen molar-refractivity contribution in [3.8, 4) is 0 Å². The number of aryl methyl sites for hydroxylation is 2. The number of nitrogens with one attached hydrogen (secondary N) is 1. The average Bonchev–Trinajstić information content (AvgIpc) is 2.85. The number of hydrogen-bond acceptors (Lipinski definition) is 3. The quantitative estimate of drug-likeness (QED) is 0.919. The summed E-state index contributed by atoms with van der Waals surface area (Å²) >= 11 is 0. The van der Waals surface area contributed by atoms with Gasteiger partial charge in [0.25, 0.3) is 0 Å². The third kappa shape index (κ3) is 3.42. The average molecular weight is 290 g/mol. The number of aromatic nitrogens is 2. The lowest BCUT2D eigenvalue weighted by Gasteiger charge is -2.25. The Morgan fingerprint density at radius 3 is 2.71 bits per heavy atom. The highest BCUT2D eigenvalue weighted by molar-refractivity contribution is 5.56. The van der Waals surface area contributed by atoms with E-state index in [1.807, 2.05) is 46.5 Å². The van der Waals surface area contributed by atoms with Crippen LogP contribution in [0.15, 0.2) is 24.5 Å². The van der Waals surface area contributed by atoms with Crippen molar-refractivity contribution < 1.29 is 4.39 Å². The van der Waals surface area contributed by atoms with Gasteiger partial charge in [-0.15, -0.1) is 0 Å². The largest absolute Gasteiger partial charge is 0.370 e. The highest BCUT2D eigenvalue weighted by Gasteiger charge is 2.16. The molecule has 1 aromatic carbocycles. The Balaban J connectivity index is 2.34. The number of hydrogen-bond donors (Lipinski definition) is 1. The van der Waals surface area contributed by atoms with Crippen molar-refractivity contribution in [1.82, 2.24) is 15.1 Å². The molecular formula is C16H23FN4. The van der Waals surface area contributed by atoms with Crippen LogP contribution in [0.1, 0.15) is 29.7 Å². The molecule has 2 rings (SSSR count). The summed E-state index contributed by atoms with van der Waals surface area (Å²) < 4.78 is 15.7. The third-order valence-corrected chi connectivity index (χ3v) is 3.80. The summed E-state index contributed by atoms with van der Waals surface area (Å²) in [4.78, 5) is 2.13. The molecule has 0 amide bonds. The fraction of sp³-hybridized carbons (Fsp3) is 0.438. The number of nitrogens with zero attached hydrogens (tertiary/aromatic N) is 3. The van der Waals surface area contributed by atoms with Gasteiger partial charge >= 0.3 is 0 Å². The van der Waals surface area contributed by atoms with Crippen LogP contribution in [0.4, 0.5) is 10.1 Å². The van der Waals surface area contributed by atoms with E-state index in [-0.39, 0.29) is 11.9 Å². The number of halogens is 1. The van der Waals surface area contributed by atoms with Gasteiger partial charge in [0.05, 0.1) is 6.20 Å². The predicted octanol–water partition coefficient (Wildman–Crippen LogP) is 2.78. The van der Waals surface area contributed by atoms with E-state index in [0.29, 0.717) is 5.56 Å². The van der Waals surface area contributed by atoms with E-state index in [9.17, 15) is 4.39 Å². The Morgan fingerprint density at radius 2 is 2.14 bits per heavy atom. The van der Waals surface area contributed by atoms with E-state index in [4.69, 9.17) is 0 Å². The first-order valence-electron chi connectivity index (χ1n) is 7.08. The minimum Gasteiger partial charge on any atom is -0.370 e. The zero-order valence-electron chi connectivity index (χ0n) is 13.3. The summed E-state index contributed by atoms with van der Waals surface area (Å²) in [6.45, 7) is 4.57. The Hall–Kier alpha value is -1.88. The molecule has 5 heteroatoms.